The highest BCUT2D eigenvalue weighted by Crippen LogP contribution is 2.19. The zero-order chi connectivity index (χ0) is 9.90. The largest absolute Gasteiger partial charge is 0.349 e. The molecule has 2 N–H and O–H groups in total. The fourth-order valence-electron chi connectivity index (χ4n) is 1.19. The van der Waals surface area contributed by atoms with Crippen molar-refractivity contribution in [2.75, 3.05) is 19.6 Å². The molecule has 1 heterocycles. The molecule has 13 heavy (non-hydrogen) atoms. The number of nitrogens with one attached hydrogen (secondary N) is 2. The molecular formula is C8H12BrFN2O. The fourth-order valence-corrected chi connectivity index (χ4v) is 1.33. The van der Waals surface area contributed by atoms with Crippen molar-refractivity contribution < 1.29 is 9.18 Å². The molecule has 0 aromatic rings. The molecule has 1 saturated heterocycles. The number of carbonyl (C=O) groups is 1. The van der Waals surface area contributed by atoms with E-state index in [1.807, 2.05) is 0 Å². The smallest absolute Gasteiger partial charge is 0.259 e. The predicted octanol–water partition coefficient (Wildman–Crippen LogP) is 0.713. The second kappa shape index (κ2) is 4.19. The standard InChI is InChI=1S/C8H12BrFN2O/c1-6(9)4-12-7(13)8(10)2-3-11-5-8/h11H,1-5H2,(H,12,13). The third kappa shape index (κ3) is 2.77. The lowest BCUT2D eigenvalue weighted by atomic mass is 10.1. The van der Waals surface area contributed by atoms with Gasteiger partial charge in [0.25, 0.3) is 5.91 Å². The van der Waals surface area contributed by atoms with E-state index in [4.69, 9.17) is 0 Å². The normalized spacial score (nSPS) is 27.2. The van der Waals surface area contributed by atoms with Crippen molar-refractivity contribution >= 4 is 21.8 Å². The zero-order valence-electron chi connectivity index (χ0n) is 7.20. The lowest BCUT2D eigenvalue weighted by Gasteiger charge is -2.16. The summed E-state index contributed by atoms with van der Waals surface area (Å²) >= 11 is 3.08. The van der Waals surface area contributed by atoms with Crippen LogP contribution < -0.4 is 10.6 Å². The van der Waals surface area contributed by atoms with Crippen LogP contribution in [-0.2, 0) is 4.79 Å². The van der Waals surface area contributed by atoms with Crippen LogP contribution in [0.1, 0.15) is 6.42 Å². The summed E-state index contributed by atoms with van der Waals surface area (Å²) in [5.41, 5.74) is -1.73. The second-order valence-corrected chi connectivity index (χ2v) is 4.21. The van der Waals surface area contributed by atoms with Gasteiger partial charge < -0.3 is 10.6 Å². The lowest BCUT2D eigenvalue weighted by Crippen LogP contribution is -2.45. The first-order valence-electron chi connectivity index (χ1n) is 4.06. The van der Waals surface area contributed by atoms with Gasteiger partial charge in [0, 0.05) is 24.0 Å². The molecule has 1 aliphatic heterocycles. The highest BCUT2D eigenvalue weighted by molar-refractivity contribution is 9.11. The van der Waals surface area contributed by atoms with E-state index in [1.165, 1.54) is 0 Å². The average molecular weight is 251 g/mol. The van der Waals surface area contributed by atoms with Crippen LogP contribution in [0, 0.1) is 0 Å². The summed E-state index contributed by atoms with van der Waals surface area (Å²) < 4.78 is 14.3. The Balaban J connectivity index is 2.42. The van der Waals surface area contributed by atoms with Crippen molar-refractivity contribution in [1.29, 1.82) is 0 Å². The van der Waals surface area contributed by atoms with Crippen LogP contribution in [0.4, 0.5) is 4.39 Å². The van der Waals surface area contributed by atoms with Crippen molar-refractivity contribution in [3.63, 3.8) is 0 Å². The third-order valence-corrected chi connectivity index (χ3v) is 2.23. The first-order valence-corrected chi connectivity index (χ1v) is 4.85. The van der Waals surface area contributed by atoms with Gasteiger partial charge in [-0.15, -0.1) is 0 Å². The first-order chi connectivity index (χ1) is 6.04. The SMILES string of the molecule is C=C(Br)CNC(=O)C1(F)CCNC1. The van der Waals surface area contributed by atoms with Gasteiger partial charge in [-0.3, -0.25) is 4.79 Å². The summed E-state index contributed by atoms with van der Waals surface area (Å²) in [6.07, 6.45) is 0.244. The van der Waals surface area contributed by atoms with Crippen LogP contribution >= 0.6 is 15.9 Å². The van der Waals surface area contributed by atoms with E-state index in [0.717, 1.165) is 0 Å². The zero-order valence-corrected chi connectivity index (χ0v) is 8.79. The Bertz CT molecular complexity index is 226. The number of alkyl halides is 1. The van der Waals surface area contributed by atoms with Crippen LogP contribution in [0.15, 0.2) is 11.1 Å². The molecule has 74 valence electrons. The van der Waals surface area contributed by atoms with E-state index >= 15 is 0 Å². The van der Waals surface area contributed by atoms with Gasteiger partial charge in [0.2, 0.25) is 5.67 Å². The van der Waals surface area contributed by atoms with Crippen molar-refractivity contribution in [3.05, 3.63) is 11.1 Å². The van der Waals surface area contributed by atoms with E-state index < -0.39 is 11.6 Å². The Labute approximate surface area is 84.9 Å². The predicted molar refractivity (Wildman–Crippen MR) is 52.4 cm³/mol. The van der Waals surface area contributed by atoms with E-state index in [2.05, 4.69) is 33.1 Å². The maximum Gasteiger partial charge on any atom is 0.259 e. The van der Waals surface area contributed by atoms with E-state index in [-0.39, 0.29) is 19.5 Å². The molecule has 0 aromatic carbocycles. The van der Waals surface area contributed by atoms with E-state index in [1.54, 1.807) is 0 Å². The second-order valence-electron chi connectivity index (χ2n) is 3.09. The Morgan fingerprint density at radius 1 is 1.77 bits per heavy atom. The van der Waals surface area contributed by atoms with Crippen molar-refractivity contribution in [3.8, 4) is 0 Å². The lowest BCUT2D eigenvalue weighted by molar-refractivity contribution is -0.131. The summed E-state index contributed by atoms with van der Waals surface area (Å²) in [5, 5.41) is 5.28. The molecule has 0 radical (unpaired) electrons. The molecule has 1 atom stereocenters. The molecule has 1 fully saturated rings. The molecule has 1 aliphatic rings. The van der Waals surface area contributed by atoms with Crippen LogP contribution in [-0.4, -0.2) is 31.2 Å². The first kappa shape index (κ1) is 10.7. The van der Waals surface area contributed by atoms with Gasteiger partial charge in [-0.05, 0) is 6.54 Å². The number of rotatable bonds is 3. The van der Waals surface area contributed by atoms with Gasteiger partial charge >= 0.3 is 0 Å². The molecule has 1 amide bonds. The number of hydrogen-bond acceptors (Lipinski definition) is 2. The van der Waals surface area contributed by atoms with Crippen LogP contribution in [0.2, 0.25) is 0 Å². The molecule has 3 nitrogen and oxygen atoms in total. The molecular weight excluding hydrogens is 239 g/mol. The molecule has 0 aromatic heterocycles. The van der Waals surface area contributed by atoms with Crippen molar-refractivity contribution in [1.82, 2.24) is 10.6 Å². The van der Waals surface area contributed by atoms with Crippen LogP contribution in [0.3, 0.4) is 0 Å². The van der Waals surface area contributed by atoms with E-state index in [9.17, 15) is 9.18 Å². The maximum atomic E-state index is 13.6. The quantitative estimate of drug-likeness (QED) is 0.775. The minimum atomic E-state index is -1.73. The minimum Gasteiger partial charge on any atom is -0.349 e. The van der Waals surface area contributed by atoms with Gasteiger partial charge in [-0.1, -0.05) is 22.5 Å². The van der Waals surface area contributed by atoms with Gasteiger partial charge in [-0.2, -0.15) is 0 Å². The molecule has 0 saturated carbocycles. The Morgan fingerprint density at radius 3 is 2.92 bits per heavy atom. The third-order valence-electron chi connectivity index (χ3n) is 1.95. The highest BCUT2D eigenvalue weighted by atomic mass is 79.9. The van der Waals surface area contributed by atoms with Gasteiger partial charge in [-0.25, -0.2) is 4.39 Å². The summed E-state index contributed by atoms with van der Waals surface area (Å²) in [4.78, 5) is 11.3. The minimum absolute atomic E-state index is 0.105. The molecule has 0 bridgehead atoms. The van der Waals surface area contributed by atoms with Gasteiger partial charge in [0.05, 0.1) is 0 Å². The van der Waals surface area contributed by atoms with E-state index in [0.29, 0.717) is 11.0 Å². The number of hydrogen-bond donors (Lipinski definition) is 2. The average Bonchev–Trinajstić information content (AvgIpc) is 2.49. The van der Waals surface area contributed by atoms with Gasteiger partial charge in [0.1, 0.15) is 0 Å². The topological polar surface area (TPSA) is 41.1 Å². The Morgan fingerprint density at radius 2 is 2.46 bits per heavy atom. The summed E-state index contributed by atoms with van der Waals surface area (Å²) in [5.74, 6) is -0.557. The van der Waals surface area contributed by atoms with Crippen LogP contribution in [0.5, 0.6) is 0 Å². The summed E-state index contributed by atoms with van der Waals surface area (Å²) in [6, 6.07) is 0. The number of amides is 1. The molecule has 5 heteroatoms. The molecule has 1 rings (SSSR count). The van der Waals surface area contributed by atoms with Crippen LogP contribution in [0.25, 0.3) is 0 Å². The van der Waals surface area contributed by atoms with Gasteiger partial charge in [0.15, 0.2) is 0 Å². The fraction of sp³-hybridized carbons (Fsp3) is 0.625. The van der Waals surface area contributed by atoms with Crippen molar-refractivity contribution in [2.24, 2.45) is 0 Å². The number of carbonyl (C=O) groups excluding carboxylic acids is 1. The van der Waals surface area contributed by atoms with Crippen molar-refractivity contribution in [2.45, 2.75) is 12.1 Å². The number of halogens is 2. The summed E-state index contributed by atoms with van der Waals surface area (Å²) in [6.45, 7) is 4.47. The maximum absolute atomic E-state index is 13.6. The molecule has 0 spiro atoms. The summed E-state index contributed by atoms with van der Waals surface area (Å²) in [7, 11) is 0. The molecule has 1 unspecified atom stereocenters. The highest BCUT2D eigenvalue weighted by Gasteiger charge is 2.41. The Hall–Kier alpha value is -0.420. The monoisotopic (exact) mass is 250 g/mol. The molecule has 0 aliphatic carbocycles. The Kier molecular flexibility index (Phi) is 3.44.